The van der Waals surface area contributed by atoms with Crippen LogP contribution in [0.2, 0.25) is 0 Å². The van der Waals surface area contributed by atoms with E-state index in [9.17, 15) is 4.79 Å². The Labute approximate surface area is 170 Å². The minimum atomic E-state index is 0.103. The highest BCUT2D eigenvalue weighted by Crippen LogP contribution is 2.40. The van der Waals surface area contributed by atoms with Crippen LogP contribution in [0.15, 0.2) is 24.3 Å². The van der Waals surface area contributed by atoms with Gasteiger partial charge in [0.05, 0.1) is 12.0 Å². The Bertz CT molecular complexity index is 857. The molecule has 2 saturated heterocycles. The van der Waals surface area contributed by atoms with Crippen LogP contribution in [0, 0.1) is 6.92 Å². The molecule has 0 bridgehead atoms. The lowest BCUT2D eigenvalue weighted by Crippen LogP contribution is -2.31. The molecule has 1 amide bonds. The van der Waals surface area contributed by atoms with Gasteiger partial charge in [0.15, 0.2) is 0 Å². The fraction of sp³-hybridized carbons (Fsp3) is 0.500. The second-order valence-electron chi connectivity index (χ2n) is 7.91. The number of rotatable bonds is 4. The predicted molar refractivity (Wildman–Crippen MR) is 114 cm³/mol. The molecule has 2 fully saturated rings. The first-order valence-electron chi connectivity index (χ1n) is 10.1. The van der Waals surface area contributed by atoms with Gasteiger partial charge in [0, 0.05) is 29.6 Å². The number of amides is 1. The van der Waals surface area contributed by atoms with Gasteiger partial charge in [0.2, 0.25) is 0 Å². The van der Waals surface area contributed by atoms with Crippen LogP contribution in [0.4, 0.5) is 0 Å². The smallest absolute Gasteiger partial charge is 0.264 e. The number of hydrogen-bond acceptors (Lipinski definition) is 5. The molecule has 5 nitrogen and oxygen atoms in total. The minimum Gasteiger partial charge on any atom is -0.496 e. The summed E-state index contributed by atoms with van der Waals surface area (Å²) in [4.78, 5) is 16.7. The highest BCUT2D eigenvalue weighted by Gasteiger charge is 2.27. The number of piperidine rings is 1. The van der Waals surface area contributed by atoms with Gasteiger partial charge in [-0.25, -0.2) is 0 Å². The number of nitrogens with one attached hydrogen (secondary N) is 1. The molecule has 1 atom stereocenters. The molecular weight excluding hydrogens is 370 g/mol. The zero-order chi connectivity index (χ0) is 19.7. The second-order valence-corrected chi connectivity index (χ2v) is 8.96. The molecule has 2 aromatic rings. The molecule has 28 heavy (non-hydrogen) atoms. The number of nitrogens with zero attached hydrogens (tertiary/aromatic N) is 1. The Morgan fingerprint density at radius 2 is 2.04 bits per heavy atom. The van der Waals surface area contributed by atoms with Gasteiger partial charge in [0.1, 0.15) is 5.75 Å². The van der Waals surface area contributed by atoms with E-state index in [2.05, 4.69) is 29.6 Å². The van der Waals surface area contributed by atoms with E-state index in [4.69, 9.17) is 10.5 Å². The first-order valence-corrected chi connectivity index (χ1v) is 10.9. The van der Waals surface area contributed by atoms with Crippen molar-refractivity contribution in [3.8, 4) is 16.2 Å². The van der Waals surface area contributed by atoms with E-state index in [0.717, 1.165) is 65.5 Å². The monoisotopic (exact) mass is 399 g/mol. The molecule has 0 unspecified atom stereocenters. The summed E-state index contributed by atoms with van der Waals surface area (Å²) in [6, 6.07) is 8.77. The highest BCUT2D eigenvalue weighted by molar-refractivity contribution is 7.17. The predicted octanol–water partition coefficient (Wildman–Crippen LogP) is 3.37. The molecular formula is C22H29N3O2S. The topological polar surface area (TPSA) is 67.6 Å². The van der Waals surface area contributed by atoms with E-state index in [1.165, 1.54) is 5.56 Å². The molecule has 0 aliphatic carbocycles. The fourth-order valence-electron chi connectivity index (χ4n) is 4.26. The van der Waals surface area contributed by atoms with Crippen molar-refractivity contribution >= 4 is 17.2 Å². The van der Waals surface area contributed by atoms with Crippen LogP contribution in [-0.2, 0) is 0 Å². The first kappa shape index (κ1) is 19.4. The quantitative estimate of drug-likeness (QED) is 0.827. The van der Waals surface area contributed by atoms with Crippen molar-refractivity contribution in [2.24, 2.45) is 5.73 Å². The minimum absolute atomic E-state index is 0.103. The van der Waals surface area contributed by atoms with Crippen LogP contribution in [0.5, 0.6) is 5.75 Å². The van der Waals surface area contributed by atoms with Crippen molar-refractivity contribution in [1.29, 1.82) is 0 Å². The Morgan fingerprint density at radius 1 is 1.25 bits per heavy atom. The molecule has 3 N–H and O–H groups in total. The van der Waals surface area contributed by atoms with Gasteiger partial charge >= 0.3 is 0 Å². The van der Waals surface area contributed by atoms with E-state index in [-0.39, 0.29) is 11.9 Å². The van der Waals surface area contributed by atoms with Gasteiger partial charge in [-0.2, -0.15) is 0 Å². The van der Waals surface area contributed by atoms with Crippen LogP contribution < -0.4 is 15.8 Å². The Kier molecular flexibility index (Phi) is 5.71. The highest BCUT2D eigenvalue weighted by atomic mass is 32.1. The molecule has 1 aromatic heterocycles. The fourth-order valence-corrected chi connectivity index (χ4v) is 5.43. The van der Waals surface area contributed by atoms with E-state index in [0.29, 0.717) is 12.5 Å². The van der Waals surface area contributed by atoms with E-state index >= 15 is 0 Å². The number of hydrogen-bond donors (Lipinski definition) is 2. The third kappa shape index (κ3) is 3.81. The molecule has 4 rings (SSSR count). The molecule has 3 heterocycles. The molecule has 0 radical (unpaired) electrons. The molecule has 0 saturated carbocycles. The lowest BCUT2D eigenvalue weighted by Gasteiger charge is -2.23. The van der Waals surface area contributed by atoms with Gasteiger partial charge in [0.25, 0.3) is 5.91 Å². The van der Waals surface area contributed by atoms with Crippen molar-refractivity contribution in [3.63, 3.8) is 0 Å². The SMILES string of the molecule is COc1cc(C2CCNCC2)ccc1-c1cc(C)c(C(=O)N2CC[C@H](N)C2)s1. The summed E-state index contributed by atoms with van der Waals surface area (Å²) in [6.07, 6.45) is 3.21. The maximum absolute atomic E-state index is 12.9. The number of aryl methyl sites for hydroxylation is 1. The Balaban J connectivity index is 1.61. The van der Waals surface area contributed by atoms with Gasteiger partial charge < -0.3 is 20.7 Å². The number of carbonyl (C=O) groups excluding carboxylic acids is 1. The number of nitrogens with two attached hydrogens (primary N) is 1. The Hall–Kier alpha value is -1.89. The molecule has 1 aromatic carbocycles. The molecule has 2 aliphatic rings. The number of likely N-dealkylation sites (tertiary alicyclic amines) is 1. The van der Waals surface area contributed by atoms with Crippen LogP contribution >= 0.6 is 11.3 Å². The summed E-state index contributed by atoms with van der Waals surface area (Å²) in [7, 11) is 1.73. The number of thiophene rings is 1. The van der Waals surface area contributed by atoms with Gasteiger partial charge in [-0.1, -0.05) is 6.07 Å². The first-order chi connectivity index (χ1) is 13.6. The maximum Gasteiger partial charge on any atom is 0.264 e. The largest absolute Gasteiger partial charge is 0.496 e. The third-order valence-corrected chi connectivity index (χ3v) is 7.18. The van der Waals surface area contributed by atoms with Gasteiger partial charge in [-0.3, -0.25) is 4.79 Å². The van der Waals surface area contributed by atoms with Crippen molar-refractivity contribution in [3.05, 3.63) is 40.3 Å². The normalized spacial score (nSPS) is 20.5. The summed E-state index contributed by atoms with van der Waals surface area (Å²) in [5, 5.41) is 3.42. The average molecular weight is 400 g/mol. The van der Waals surface area contributed by atoms with Crippen LogP contribution in [0.1, 0.15) is 46.0 Å². The standard InChI is InChI=1S/C22H29N3O2S/c1-14-11-20(28-21(14)22(26)25-10-7-17(23)13-25)18-4-3-16(12-19(18)27-2)15-5-8-24-9-6-15/h3-4,11-12,15,17,24H,5-10,13,23H2,1-2H3/t17-/m0/s1. The molecule has 0 spiro atoms. The van der Waals surface area contributed by atoms with Crippen molar-refractivity contribution in [2.75, 3.05) is 33.3 Å². The summed E-state index contributed by atoms with van der Waals surface area (Å²) in [5.74, 6) is 1.58. The number of ether oxygens (including phenoxy) is 1. The average Bonchev–Trinajstić information content (AvgIpc) is 3.33. The molecule has 150 valence electrons. The van der Waals surface area contributed by atoms with Crippen LogP contribution in [-0.4, -0.2) is 50.1 Å². The van der Waals surface area contributed by atoms with E-state index < -0.39 is 0 Å². The summed E-state index contributed by atoms with van der Waals surface area (Å²) < 4.78 is 5.73. The summed E-state index contributed by atoms with van der Waals surface area (Å²) in [6.45, 7) is 5.56. The summed E-state index contributed by atoms with van der Waals surface area (Å²) >= 11 is 1.56. The van der Waals surface area contributed by atoms with Crippen molar-refractivity contribution < 1.29 is 9.53 Å². The van der Waals surface area contributed by atoms with Gasteiger partial charge in [-0.05, 0) is 74.5 Å². The summed E-state index contributed by atoms with van der Waals surface area (Å²) in [5.41, 5.74) is 9.41. The second kappa shape index (κ2) is 8.23. The van der Waals surface area contributed by atoms with Crippen LogP contribution in [0.3, 0.4) is 0 Å². The van der Waals surface area contributed by atoms with E-state index in [1.54, 1.807) is 18.4 Å². The molecule has 6 heteroatoms. The lowest BCUT2D eigenvalue weighted by atomic mass is 9.89. The van der Waals surface area contributed by atoms with E-state index in [1.807, 2.05) is 11.8 Å². The number of methoxy groups -OCH3 is 1. The van der Waals surface area contributed by atoms with Crippen molar-refractivity contribution in [2.45, 2.75) is 38.1 Å². The van der Waals surface area contributed by atoms with Crippen molar-refractivity contribution in [1.82, 2.24) is 10.2 Å². The Morgan fingerprint density at radius 3 is 2.71 bits per heavy atom. The van der Waals surface area contributed by atoms with Crippen LogP contribution in [0.25, 0.3) is 10.4 Å². The number of carbonyl (C=O) groups is 1. The number of benzene rings is 1. The zero-order valence-corrected chi connectivity index (χ0v) is 17.5. The lowest BCUT2D eigenvalue weighted by molar-refractivity contribution is 0.0795. The maximum atomic E-state index is 12.9. The third-order valence-electron chi connectivity index (χ3n) is 5.93. The zero-order valence-electron chi connectivity index (χ0n) is 16.7. The van der Waals surface area contributed by atoms with Gasteiger partial charge in [-0.15, -0.1) is 11.3 Å². The molecule has 2 aliphatic heterocycles.